The van der Waals surface area contributed by atoms with Crippen LogP contribution in [-0.4, -0.2) is 78.7 Å². The fraction of sp³-hybridized carbons (Fsp3) is 0.636. The minimum atomic E-state index is -0.738. The van der Waals surface area contributed by atoms with Crippen LogP contribution in [0.25, 0.3) is 0 Å². The molecule has 0 aromatic heterocycles. The van der Waals surface area contributed by atoms with Crippen molar-refractivity contribution < 1.29 is 23.9 Å². The van der Waals surface area contributed by atoms with E-state index < -0.39 is 23.5 Å². The predicted molar refractivity (Wildman–Crippen MR) is 167 cm³/mol. The molecule has 3 atom stereocenters. The highest BCUT2D eigenvalue weighted by atomic mass is 16.5. The fourth-order valence-electron chi connectivity index (χ4n) is 5.15. The Bertz CT molecular complexity index is 1110. The van der Waals surface area contributed by atoms with Crippen LogP contribution in [0.4, 0.5) is 5.69 Å². The number of nitrogens with one attached hydrogen (secondary N) is 2. The Kier molecular flexibility index (Phi) is 13.2. The highest BCUT2D eigenvalue weighted by molar-refractivity contribution is 6.05. The van der Waals surface area contributed by atoms with E-state index >= 15 is 0 Å². The van der Waals surface area contributed by atoms with Gasteiger partial charge in [0.25, 0.3) is 0 Å². The molecule has 0 spiro atoms. The third kappa shape index (κ3) is 10.3. The van der Waals surface area contributed by atoms with E-state index in [9.17, 15) is 19.2 Å². The zero-order valence-corrected chi connectivity index (χ0v) is 27.1. The van der Waals surface area contributed by atoms with Gasteiger partial charge in [-0.1, -0.05) is 59.2 Å². The van der Waals surface area contributed by atoms with Crippen LogP contribution in [0.2, 0.25) is 0 Å². The van der Waals surface area contributed by atoms with Crippen LogP contribution in [0, 0.1) is 11.3 Å². The molecule has 42 heavy (non-hydrogen) atoms. The Hall–Kier alpha value is -3.20. The number of hydrogen-bond donors (Lipinski definition) is 2. The van der Waals surface area contributed by atoms with Crippen molar-refractivity contribution in [2.75, 3.05) is 32.5 Å². The van der Waals surface area contributed by atoms with Gasteiger partial charge < -0.3 is 20.3 Å². The van der Waals surface area contributed by atoms with E-state index in [-0.39, 0.29) is 42.6 Å². The number of ether oxygens (including phenoxy) is 1. The predicted octanol–water partition coefficient (Wildman–Crippen LogP) is 4.57. The normalized spacial score (nSPS) is 17.8. The number of piperidine rings is 1. The van der Waals surface area contributed by atoms with Gasteiger partial charge in [0.15, 0.2) is 5.78 Å². The number of amides is 2. The first kappa shape index (κ1) is 35.0. The molecule has 0 radical (unpaired) electrons. The molecular weight excluding hydrogens is 532 g/mol. The van der Waals surface area contributed by atoms with Gasteiger partial charge in [-0.25, -0.2) is 0 Å². The van der Waals surface area contributed by atoms with E-state index in [1.165, 1.54) is 0 Å². The lowest BCUT2D eigenvalue weighted by Crippen LogP contribution is -2.59. The second-order valence-corrected chi connectivity index (χ2v) is 12.8. The molecule has 2 unspecified atom stereocenters. The molecule has 9 nitrogen and oxygen atoms in total. The topological polar surface area (TPSA) is 108 Å². The van der Waals surface area contributed by atoms with Crippen molar-refractivity contribution in [1.82, 2.24) is 15.1 Å². The minimum Gasteiger partial charge on any atom is -0.460 e. The van der Waals surface area contributed by atoms with E-state index in [4.69, 9.17) is 4.74 Å². The number of benzene rings is 1. The SMILES string of the molecule is CCNc1ccc(COC(=O)CC(=O)/C(C)=C/C(C(C)C)N(C)C(=O)[C@@H](NC(=O)C2CCCCN2C)C(C)(C)C)cc1. The molecule has 1 aliphatic heterocycles. The standard InChI is InChI=1S/C33H52N4O5/c1-10-34-25-16-14-24(15-17-25)21-42-29(39)20-28(38)23(4)19-27(22(2)3)37(9)32(41)30(33(5,6)7)35-31(40)26-13-11-12-18-36(26)8/h14-17,19,22,26-27,30,34H,10-13,18,20-21H2,1-9H3,(H,35,40)/b23-19+/t26?,27?,30-/m1/s1. The Balaban J connectivity index is 2.07. The molecule has 1 aromatic carbocycles. The fourth-order valence-corrected chi connectivity index (χ4v) is 5.15. The zero-order chi connectivity index (χ0) is 31.6. The van der Waals surface area contributed by atoms with Gasteiger partial charge in [0.05, 0.1) is 12.1 Å². The molecule has 1 saturated heterocycles. The average molecular weight is 585 g/mol. The number of rotatable bonds is 13. The Morgan fingerprint density at radius 3 is 2.31 bits per heavy atom. The second kappa shape index (κ2) is 15.9. The molecule has 1 fully saturated rings. The van der Waals surface area contributed by atoms with Gasteiger partial charge >= 0.3 is 5.97 Å². The first-order valence-corrected chi connectivity index (χ1v) is 15.1. The van der Waals surface area contributed by atoms with Crippen molar-refractivity contribution in [2.24, 2.45) is 11.3 Å². The molecule has 0 bridgehead atoms. The van der Waals surface area contributed by atoms with Crippen molar-refractivity contribution in [2.45, 2.75) is 98.9 Å². The van der Waals surface area contributed by atoms with Crippen molar-refractivity contribution in [1.29, 1.82) is 0 Å². The molecule has 1 heterocycles. The van der Waals surface area contributed by atoms with Crippen LogP contribution in [0.15, 0.2) is 35.9 Å². The van der Waals surface area contributed by atoms with Crippen molar-refractivity contribution in [3.8, 4) is 0 Å². The molecule has 2 amide bonds. The van der Waals surface area contributed by atoms with Crippen molar-refractivity contribution in [3.63, 3.8) is 0 Å². The number of hydrogen-bond acceptors (Lipinski definition) is 7. The van der Waals surface area contributed by atoms with Gasteiger partial charge in [0, 0.05) is 19.3 Å². The summed E-state index contributed by atoms with van der Waals surface area (Å²) in [5.41, 5.74) is 1.68. The molecule has 0 saturated carbocycles. The first-order valence-electron chi connectivity index (χ1n) is 15.1. The summed E-state index contributed by atoms with van der Waals surface area (Å²) in [7, 11) is 3.65. The lowest BCUT2D eigenvalue weighted by molar-refractivity contribution is -0.146. The zero-order valence-electron chi connectivity index (χ0n) is 27.1. The molecule has 2 N–H and O–H groups in total. The average Bonchev–Trinajstić information content (AvgIpc) is 2.92. The highest BCUT2D eigenvalue weighted by Gasteiger charge is 2.39. The molecule has 1 aromatic rings. The van der Waals surface area contributed by atoms with E-state index in [1.807, 2.05) is 77.8 Å². The summed E-state index contributed by atoms with van der Waals surface area (Å²) in [6, 6.07) is 6.18. The molecular formula is C33H52N4O5. The minimum absolute atomic E-state index is 0.0142. The van der Waals surface area contributed by atoms with Crippen LogP contribution < -0.4 is 10.6 Å². The molecule has 0 aliphatic carbocycles. The molecule has 9 heteroatoms. The summed E-state index contributed by atoms with van der Waals surface area (Å²) < 4.78 is 5.33. The van der Waals surface area contributed by atoms with Gasteiger partial charge in [-0.3, -0.25) is 24.1 Å². The van der Waals surface area contributed by atoms with E-state index in [0.717, 1.165) is 43.6 Å². The smallest absolute Gasteiger partial charge is 0.314 e. The Labute approximate surface area is 252 Å². The van der Waals surface area contributed by atoms with E-state index in [2.05, 4.69) is 10.6 Å². The number of likely N-dealkylation sites (tertiary alicyclic amines) is 1. The monoisotopic (exact) mass is 584 g/mol. The summed E-state index contributed by atoms with van der Waals surface area (Å²) in [4.78, 5) is 56.1. The maximum absolute atomic E-state index is 13.8. The van der Waals surface area contributed by atoms with Crippen LogP contribution in [0.1, 0.15) is 79.7 Å². The van der Waals surface area contributed by atoms with Crippen LogP contribution in [0.5, 0.6) is 0 Å². The number of ketones is 1. The maximum atomic E-state index is 13.8. The number of allylic oxidation sites excluding steroid dienone is 1. The summed E-state index contributed by atoms with van der Waals surface area (Å²) in [5.74, 6) is -1.31. The highest BCUT2D eigenvalue weighted by Crippen LogP contribution is 2.25. The summed E-state index contributed by atoms with van der Waals surface area (Å²) in [6.07, 6.45) is 4.19. The number of anilines is 1. The number of nitrogens with zero attached hydrogens (tertiary/aromatic N) is 2. The van der Waals surface area contributed by atoms with Gasteiger partial charge in [0.1, 0.15) is 19.1 Å². The third-order valence-corrected chi connectivity index (χ3v) is 7.85. The summed E-state index contributed by atoms with van der Waals surface area (Å²) in [5, 5.41) is 6.26. The van der Waals surface area contributed by atoms with Crippen LogP contribution in [-0.2, 0) is 30.5 Å². The first-order chi connectivity index (χ1) is 19.6. The van der Waals surface area contributed by atoms with Crippen molar-refractivity contribution in [3.05, 3.63) is 41.5 Å². The Morgan fingerprint density at radius 2 is 1.76 bits per heavy atom. The second-order valence-electron chi connectivity index (χ2n) is 12.8. The van der Waals surface area contributed by atoms with Crippen LogP contribution in [0.3, 0.4) is 0 Å². The Morgan fingerprint density at radius 1 is 1.12 bits per heavy atom. The number of esters is 1. The molecule has 234 valence electrons. The largest absolute Gasteiger partial charge is 0.460 e. The van der Waals surface area contributed by atoms with Crippen LogP contribution >= 0.6 is 0 Å². The number of carbonyl (C=O) groups excluding carboxylic acids is 4. The number of Topliss-reactive ketones (excluding diaryl/α,β-unsaturated/α-hetero) is 1. The third-order valence-electron chi connectivity index (χ3n) is 7.85. The summed E-state index contributed by atoms with van der Waals surface area (Å²) >= 11 is 0. The van der Waals surface area contributed by atoms with Gasteiger partial charge in [-0.2, -0.15) is 0 Å². The lowest BCUT2D eigenvalue weighted by atomic mass is 9.84. The van der Waals surface area contributed by atoms with E-state index in [0.29, 0.717) is 5.57 Å². The summed E-state index contributed by atoms with van der Waals surface area (Å²) in [6.45, 7) is 15.2. The molecule has 1 aliphatic rings. The van der Waals surface area contributed by atoms with E-state index in [1.54, 1.807) is 24.9 Å². The van der Waals surface area contributed by atoms with Gasteiger partial charge in [-0.05, 0) is 74.9 Å². The molecule has 2 rings (SSSR count). The quantitative estimate of drug-likeness (QED) is 0.199. The maximum Gasteiger partial charge on any atom is 0.314 e. The number of carbonyl (C=O) groups is 4. The van der Waals surface area contributed by atoms with Crippen molar-refractivity contribution >= 4 is 29.3 Å². The lowest BCUT2D eigenvalue weighted by Gasteiger charge is -2.39. The number of likely N-dealkylation sites (N-methyl/N-ethyl adjacent to an activating group) is 2. The van der Waals surface area contributed by atoms with Gasteiger partial charge in [-0.15, -0.1) is 0 Å². The van der Waals surface area contributed by atoms with Gasteiger partial charge in [0.2, 0.25) is 11.8 Å².